The second-order valence-electron chi connectivity index (χ2n) is 6.17. The Hall–Kier alpha value is -0.0800. The first-order valence-electron chi connectivity index (χ1n) is 7.70. The minimum Gasteiger partial charge on any atom is -0.315 e. The van der Waals surface area contributed by atoms with Crippen LogP contribution in [0.4, 0.5) is 0 Å². The molecule has 0 spiro atoms. The highest BCUT2D eigenvalue weighted by Gasteiger charge is 2.34. The van der Waals surface area contributed by atoms with E-state index in [-0.39, 0.29) is 0 Å². The fourth-order valence-corrected chi connectivity index (χ4v) is 3.90. The van der Waals surface area contributed by atoms with E-state index in [9.17, 15) is 0 Å². The van der Waals surface area contributed by atoms with E-state index in [2.05, 4.69) is 31.0 Å². The second-order valence-corrected chi connectivity index (χ2v) is 6.17. The predicted octanol–water partition coefficient (Wildman–Crippen LogP) is 2.89. The van der Waals surface area contributed by atoms with Crippen molar-refractivity contribution in [3.8, 4) is 0 Å². The molecule has 2 fully saturated rings. The maximum absolute atomic E-state index is 3.57. The normalized spacial score (nSPS) is 39.5. The first-order chi connectivity index (χ1) is 8.24. The highest BCUT2D eigenvalue weighted by molar-refractivity contribution is 4.89. The van der Waals surface area contributed by atoms with Gasteiger partial charge < -0.3 is 5.32 Å². The van der Waals surface area contributed by atoms with Crippen LogP contribution in [0, 0.1) is 11.8 Å². The first kappa shape index (κ1) is 13.4. The van der Waals surface area contributed by atoms with E-state index in [1.54, 1.807) is 0 Å². The molecule has 1 N–H and O–H groups in total. The van der Waals surface area contributed by atoms with Gasteiger partial charge in [-0.05, 0) is 44.2 Å². The molecule has 1 aliphatic carbocycles. The lowest BCUT2D eigenvalue weighted by Crippen LogP contribution is -2.53. The molecule has 0 aromatic carbocycles. The maximum Gasteiger partial charge on any atom is 0.0224 e. The summed E-state index contributed by atoms with van der Waals surface area (Å²) >= 11 is 0. The lowest BCUT2D eigenvalue weighted by Gasteiger charge is -2.46. The Labute approximate surface area is 107 Å². The molecule has 1 aliphatic heterocycles. The summed E-state index contributed by atoms with van der Waals surface area (Å²) in [7, 11) is 0. The molecule has 1 heterocycles. The smallest absolute Gasteiger partial charge is 0.0224 e. The predicted molar refractivity (Wildman–Crippen MR) is 74.2 cm³/mol. The molecule has 2 aliphatic rings. The van der Waals surface area contributed by atoms with Gasteiger partial charge in [-0.2, -0.15) is 0 Å². The van der Waals surface area contributed by atoms with E-state index in [4.69, 9.17) is 0 Å². The Morgan fingerprint density at radius 3 is 2.59 bits per heavy atom. The molecule has 0 aromatic heterocycles. The summed E-state index contributed by atoms with van der Waals surface area (Å²) in [4.78, 5) is 2.81. The third-order valence-electron chi connectivity index (χ3n) is 5.19. The fraction of sp³-hybridized carbons (Fsp3) is 1.00. The van der Waals surface area contributed by atoms with Crippen LogP contribution in [-0.2, 0) is 0 Å². The first-order valence-corrected chi connectivity index (χ1v) is 7.70. The van der Waals surface area contributed by atoms with Crippen LogP contribution in [-0.4, -0.2) is 36.6 Å². The standard InChI is InChI=1S/C15H30N2/c1-4-17(14-8-6-10-16-11-14)15-9-5-7-12(2)13(15)3/h12-16H,4-11H2,1-3H3. The van der Waals surface area contributed by atoms with Crippen molar-refractivity contribution in [2.24, 2.45) is 11.8 Å². The fourth-order valence-electron chi connectivity index (χ4n) is 3.90. The van der Waals surface area contributed by atoms with Crippen molar-refractivity contribution in [3.05, 3.63) is 0 Å². The van der Waals surface area contributed by atoms with Crippen molar-refractivity contribution >= 4 is 0 Å². The van der Waals surface area contributed by atoms with Gasteiger partial charge in [-0.15, -0.1) is 0 Å². The SMILES string of the molecule is CCN(C1CCCNC1)C1CCCC(C)C1C. The van der Waals surface area contributed by atoms with Crippen LogP contribution in [0.3, 0.4) is 0 Å². The summed E-state index contributed by atoms with van der Waals surface area (Å²) in [6.45, 7) is 10.9. The van der Waals surface area contributed by atoms with E-state index in [0.29, 0.717) is 0 Å². The van der Waals surface area contributed by atoms with Gasteiger partial charge in [0.25, 0.3) is 0 Å². The third kappa shape index (κ3) is 3.03. The molecule has 2 heteroatoms. The van der Waals surface area contributed by atoms with Crippen LogP contribution in [0.25, 0.3) is 0 Å². The number of rotatable bonds is 3. The van der Waals surface area contributed by atoms with E-state index in [0.717, 1.165) is 23.9 Å². The van der Waals surface area contributed by atoms with Crippen molar-refractivity contribution in [3.63, 3.8) is 0 Å². The quantitative estimate of drug-likeness (QED) is 0.813. The molecular formula is C15H30N2. The van der Waals surface area contributed by atoms with Crippen LogP contribution in [0.1, 0.15) is 52.9 Å². The lowest BCUT2D eigenvalue weighted by molar-refractivity contribution is 0.0413. The summed E-state index contributed by atoms with van der Waals surface area (Å²) in [5, 5.41) is 3.57. The zero-order chi connectivity index (χ0) is 12.3. The van der Waals surface area contributed by atoms with Gasteiger partial charge in [0.1, 0.15) is 0 Å². The third-order valence-corrected chi connectivity index (χ3v) is 5.19. The molecule has 0 aromatic rings. The molecule has 4 atom stereocenters. The number of piperidine rings is 1. The zero-order valence-corrected chi connectivity index (χ0v) is 11.9. The van der Waals surface area contributed by atoms with Crippen LogP contribution in [0.2, 0.25) is 0 Å². The van der Waals surface area contributed by atoms with Gasteiger partial charge in [0.05, 0.1) is 0 Å². The summed E-state index contributed by atoms with van der Waals surface area (Å²) in [6.07, 6.45) is 7.07. The van der Waals surface area contributed by atoms with Crippen LogP contribution in [0.5, 0.6) is 0 Å². The minimum absolute atomic E-state index is 0.798. The number of nitrogens with one attached hydrogen (secondary N) is 1. The van der Waals surface area contributed by atoms with E-state index in [1.807, 2.05) is 0 Å². The Morgan fingerprint density at radius 1 is 1.12 bits per heavy atom. The van der Waals surface area contributed by atoms with Gasteiger partial charge in [-0.1, -0.05) is 33.6 Å². The molecule has 100 valence electrons. The number of hydrogen-bond donors (Lipinski definition) is 1. The van der Waals surface area contributed by atoms with Gasteiger partial charge in [0, 0.05) is 18.6 Å². The molecular weight excluding hydrogens is 208 g/mol. The molecule has 1 saturated carbocycles. The minimum atomic E-state index is 0.798. The van der Waals surface area contributed by atoms with Gasteiger partial charge >= 0.3 is 0 Å². The lowest BCUT2D eigenvalue weighted by atomic mass is 9.76. The topological polar surface area (TPSA) is 15.3 Å². The molecule has 0 amide bonds. The number of likely N-dealkylation sites (N-methyl/N-ethyl adjacent to an activating group) is 1. The highest BCUT2D eigenvalue weighted by atomic mass is 15.2. The monoisotopic (exact) mass is 238 g/mol. The van der Waals surface area contributed by atoms with Crippen molar-refractivity contribution in [1.29, 1.82) is 0 Å². The zero-order valence-electron chi connectivity index (χ0n) is 11.9. The number of nitrogens with zero attached hydrogens (tertiary/aromatic N) is 1. The summed E-state index contributed by atoms with van der Waals surface area (Å²) in [5.41, 5.74) is 0. The molecule has 2 nitrogen and oxygen atoms in total. The highest BCUT2D eigenvalue weighted by Crippen LogP contribution is 2.34. The van der Waals surface area contributed by atoms with E-state index < -0.39 is 0 Å². The second kappa shape index (κ2) is 6.19. The summed E-state index contributed by atoms with van der Waals surface area (Å²) in [6, 6.07) is 1.64. The Morgan fingerprint density at radius 2 is 1.94 bits per heavy atom. The van der Waals surface area contributed by atoms with Gasteiger partial charge in [-0.3, -0.25) is 4.90 Å². The molecule has 0 radical (unpaired) electrons. The van der Waals surface area contributed by atoms with Gasteiger partial charge in [-0.25, -0.2) is 0 Å². The van der Waals surface area contributed by atoms with Crippen LogP contribution in [0.15, 0.2) is 0 Å². The van der Waals surface area contributed by atoms with Crippen molar-refractivity contribution in [1.82, 2.24) is 10.2 Å². The average molecular weight is 238 g/mol. The van der Waals surface area contributed by atoms with Crippen molar-refractivity contribution in [2.75, 3.05) is 19.6 Å². The molecule has 2 rings (SSSR count). The summed E-state index contributed by atoms with van der Waals surface area (Å²) in [5.74, 6) is 1.80. The van der Waals surface area contributed by atoms with Crippen molar-refractivity contribution in [2.45, 2.75) is 65.0 Å². The largest absolute Gasteiger partial charge is 0.315 e. The van der Waals surface area contributed by atoms with Crippen LogP contribution >= 0.6 is 0 Å². The van der Waals surface area contributed by atoms with Gasteiger partial charge in [0.15, 0.2) is 0 Å². The number of hydrogen-bond acceptors (Lipinski definition) is 2. The van der Waals surface area contributed by atoms with Crippen molar-refractivity contribution < 1.29 is 0 Å². The Kier molecular flexibility index (Phi) is 4.87. The molecule has 1 saturated heterocycles. The molecule has 4 unspecified atom stereocenters. The van der Waals surface area contributed by atoms with E-state index >= 15 is 0 Å². The Bertz CT molecular complexity index is 223. The van der Waals surface area contributed by atoms with Crippen LogP contribution < -0.4 is 5.32 Å². The van der Waals surface area contributed by atoms with E-state index in [1.165, 1.54) is 51.7 Å². The summed E-state index contributed by atoms with van der Waals surface area (Å²) < 4.78 is 0. The maximum atomic E-state index is 3.57. The molecule has 17 heavy (non-hydrogen) atoms. The molecule has 0 bridgehead atoms. The van der Waals surface area contributed by atoms with Gasteiger partial charge in [0.2, 0.25) is 0 Å². The Balaban J connectivity index is 2.00. The average Bonchev–Trinajstić information content (AvgIpc) is 2.37.